The third-order valence-electron chi connectivity index (χ3n) is 5.20. The van der Waals surface area contributed by atoms with Crippen LogP contribution in [-0.2, 0) is 14.6 Å². The summed E-state index contributed by atoms with van der Waals surface area (Å²) < 4.78 is 30.7. The van der Waals surface area contributed by atoms with Crippen LogP contribution in [0.2, 0.25) is 0 Å². The predicted molar refractivity (Wildman–Crippen MR) is 96.3 cm³/mol. The van der Waals surface area contributed by atoms with E-state index in [1.165, 1.54) is 0 Å². The van der Waals surface area contributed by atoms with Crippen molar-refractivity contribution in [1.82, 2.24) is 4.90 Å². The maximum Gasteiger partial charge on any atom is 0.226 e. The van der Waals surface area contributed by atoms with Gasteiger partial charge in [-0.25, -0.2) is 8.42 Å². The van der Waals surface area contributed by atoms with Crippen molar-refractivity contribution in [3.63, 3.8) is 0 Å². The zero-order valence-corrected chi connectivity index (χ0v) is 15.4. The molecule has 5 nitrogen and oxygen atoms in total. The molecule has 3 rings (SSSR count). The molecule has 0 spiro atoms. The first-order valence-electron chi connectivity index (χ1n) is 8.84. The van der Waals surface area contributed by atoms with Crippen molar-refractivity contribution in [3.8, 4) is 5.75 Å². The predicted octanol–water partition coefficient (Wildman–Crippen LogP) is 2.82. The van der Waals surface area contributed by atoms with E-state index in [1.807, 2.05) is 4.90 Å². The number of hydrogen-bond donors (Lipinski definition) is 0. The molecule has 0 unspecified atom stereocenters. The molecule has 0 saturated carbocycles. The largest absolute Gasteiger partial charge is 0.497 e. The molecule has 1 aliphatic heterocycles. The van der Waals surface area contributed by atoms with Crippen molar-refractivity contribution in [2.24, 2.45) is 5.92 Å². The Morgan fingerprint density at radius 1 is 1.08 bits per heavy atom. The number of hydrogen-bond acceptors (Lipinski definition) is 4. The molecule has 2 aliphatic rings. The van der Waals surface area contributed by atoms with E-state index in [0.29, 0.717) is 36.6 Å². The lowest BCUT2D eigenvalue weighted by atomic mass is 9.92. The van der Waals surface area contributed by atoms with Gasteiger partial charge < -0.3 is 9.64 Å². The van der Waals surface area contributed by atoms with Crippen LogP contribution < -0.4 is 4.74 Å². The monoisotopic (exact) mass is 363 g/mol. The van der Waals surface area contributed by atoms with Gasteiger partial charge in [0.25, 0.3) is 0 Å². The Morgan fingerprint density at radius 3 is 2.32 bits per heavy atom. The molecule has 0 N–H and O–H groups in total. The molecule has 1 amide bonds. The van der Waals surface area contributed by atoms with Gasteiger partial charge in [0.15, 0.2) is 9.84 Å². The Bertz CT molecular complexity index is 731. The van der Waals surface area contributed by atoms with Crippen LogP contribution in [0.3, 0.4) is 0 Å². The number of carbonyl (C=O) groups is 1. The fourth-order valence-electron chi connectivity index (χ4n) is 3.62. The van der Waals surface area contributed by atoms with Gasteiger partial charge in [0, 0.05) is 19.0 Å². The van der Waals surface area contributed by atoms with Crippen LogP contribution in [0.25, 0.3) is 0 Å². The van der Waals surface area contributed by atoms with Crippen molar-refractivity contribution >= 4 is 15.7 Å². The first-order valence-corrected chi connectivity index (χ1v) is 10.4. The van der Waals surface area contributed by atoms with E-state index in [4.69, 9.17) is 4.74 Å². The molecule has 6 heteroatoms. The molecule has 1 heterocycles. The molecule has 0 bridgehead atoms. The Kier molecular flexibility index (Phi) is 5.47. The Morgan fingerprint density at radius 2 is 1.76 bits per heavy atom. The second kappa shape index (κ2) is 7.60. The molecule has 1 aromatic carbocycles. The van der Waals surface area contributed by atoms with Crippen molar-refractivity contribution in [3.05, 3.63) is 36.4 Å². The SMILES string of the molecule is COc1ccc(S(=O)(=O)C2CCN(C(=O)[C@@H]3CC=CCC3)CC2)cc1. The Hall–Kier alpha value is -1.82. The molecular weight excluding hydrogens is 338 g/mol. The molecule has 1 aliphatic carbocycles. The zero-order valence-electron chi connectivity index (χ0n) is 14.6. The van der Waals surface area contributed by atoms with Crippen molar-refractivity contribution in [2.75, 3.05) is 20.2 Å². The summed E-state index contributed by atoms with van der Waals surface area (Å²) >= 11 is 0. The average molecular weight is 363 g/mol. The van der Waals surface area contributed by atoms with Gasteiger partial charge in [-0.15, -0.1) is 0 Å². The maximum absolute atomic E-state index is 12.8. The highest BCUT2D eigenvalue weighted by molar-refractivity contribution is 7.92. The van der Waals surface area contributed by atoms with Gasteiger partial charge in [0.2, 0.25) is 5.91 Å². The fraction of sp³-hybridized carbons (Fsp3) is 0.526. The van der Waals surface area contributed by atoms with Gasteiger partial charge in [-0.2, -0.15) is 0 Å². The van der Waals surface area contributed by atoms with E-state index in [9.17, 15) is 13.2 Å². The molecule has 1 saturated heterocycles. The average Bonchev–Trinajstić information content (AvgIpc) is 2.68. The molecule has 1 aromatic rings. The van der Waals surface area contributed by atoms with Gasteiger partial charge in [-0.1, -0.05) is 12.2 Å². The lowest BCUT2D eigenvalue weighted by Gasteiger charge is -2.34. The van der Waals surface area contributed by atoms with Gasteiger partial charge >= 0.3 is 0 Å². The lowest BCUT2D eigenvalue weighted by molar-refractivity contribution is -0.136. The van der Waals surface area contributed by atoms with Crippen LogP contribution >= 0.6 is 0 Å². The first kappa shape index (κ1) is 18.0. The highest BCUT2D eigenvalue weighted by Crippen LogP contribution is 2.28. The number of rotatable bonds is 4. The van der Waals surface area contributed by atoms with Gasteiger partial charge in [-0.05, 0) is 56.4 Å². The maximum atomic E-state index is 12.8. The summed E-state index contributed by atoms with van der Waals surface area (Å²) in [6.07, 6.45) is 7.87. The third-order valence-corrected chi connectivity index (χ3v) is 7.48. The van der Waals surface area contributed by atoms with Crippen molar-refractivity contribution < 1.29 is 17.9 Å². The van der Waals surface area contributed by atoms with E-state index < -0.39 is 15.1 Å². The van der Waals surface area contributed by atoms with E-state index in [2.05, 4.69) is 12.2 Å². The van der Waals surface area contributed by atoms with E-state index in [-0.39, 0.29) is 11.8 Å². The van der Waals surface area contributed by atoms with Gasteiger partial charge in [0.1, 0.15) is 5.75 Å². The zero-order chi connectivity index (χ0) is 17.9. The summed E-state index contributed by atoms with van der Waals surface area (Å²) in [6, 6.07) is 6.53. The second-order valence-corrected chi connectivity index (χ2v) is 8.95. The van der Waals surface area contributed by atoms with E-state index >= 15 is 0 Å². The minimum Gasteiger partial charge on any atom is -0.497 e. The number of methoxy groups -OCH3 is 1. The van der Waals surface area contributed by atoms with Crippen LogP contribution in [0, 0.1) is 5.92 Å². The molecule has 0 aromatic heterocycles. The number of amides is 1. The molecule has 136 valence electrons. The van der Waals surface area contributed by atoms with Crippen LogP contribution in [-0.4, -0.2) is 44.7 Å². The summed E-state index contributed by atoms with van der Waals surface area (Å²) in [5.74, 6) is 0.894. The Balaban J connectivity index is 1.62. The number of allylic oxidation sites excluding steroid dienone is 2. The normalized spacial score (nSPS) is 22.0. The number of piperidine rings is 1. The summed E-state index contributed by atoms with van der Waals surface area (Å²) in [5, 5.41) is -0.420. The summed E-state index contributed by atoms with van der Waals surface area (Å²) in [6.45, 7) is 1.05. The van der Waals surface area contributed by atoms with Crippen LogP contribution in [0.4, 0.5) is 0 Å². The third kappa shape index (κ3) is 3.89. The van der Waals surface area contributed by atoms with Gasteiger partial charge in [0.05, 0.1) is 17.3 Å². The number of sulfone groups is 1. The number of likely N-dealkylation sites (tertiary alicyclic amines) is 1. The molecular formula is C19H25NO4S. The molecule has 0 radical (unpaired) electrons. The van der Waals surface area contributed by atoms with Crippen LogP contribution in [0.15, 0.2) is 41.3 Å². The minimum absolute atomic E-state index is 0.0692. The van der Waals surface area contributed by atoms with E-state index in [1.54, 1.807) is 31.4 Å². The van der Waals surface area contributed by atoms with Gasteiger partial charge in [-0.3, -0.25) is 4.79 Å². The van der Waals surface area contributed by atoms with E-state index in [0.717, 1.165) is 19.3 Å². The smallest absolute Gasteiger partial charge is 0.226 e. The molecule has 25 heavy (non-hydrogen) atoms. The lowest BCUT2D eigenvalue weighted by Crippen LogP contribution is -2.45. The summed E-state index contributed by atoms with van der Waals surface area (Å²) in [4.78, 5) is 14.8. The quantitative estimate of drug-likeness (QED) is 0.772. The molecule has 1 fully saturated rings. The number of benzene rings is 1. The van der Waals surface area contributed by atoms with Crippen LogP contribution in [0.5, 0.6) is 5.75 Å². The fourth-order valence-corrected chi connectivity index (χ4v) is 5.35. The standard InChI is InChI=1S/C19H25NO4S/c1-24-16-7-9-17(10-8-16)25(22,23)18-11-13-20(14-12-18)19(21)15-5-3-2-4-6-15/h2-3,7-10,15,18H,4-6,11-14H2,1H3/t15-/m1/s1. The second-order valence-electron chi connectivity index (χ2n) is 6.73. The minimum atomic E-state index is -3.37. The number of nitrogens with zero attached hydrogens (tertiary/aromatic N) is 1. The van der Waals surface area contributed by atoms with Crippen LogP contribution in [0.1, 0.15) is 32.1 Å². The van der Waals surface area contributed by atoms with Crippen molar-refractivity contribution in [1.29, 1.82) is 0 Å². The highest BCUT2D eigenvalue weighted by atomic mass is 32.2. The highest BCUT2D eigenvalue weighted by Gasteiger charge is 2.34. The van der Waals surface area contributed by atoms with Crippen molar-refractivity contribution in [2.45, 2.75) is 42.2 Å². The topological polar surface area (TPSA) is 63.7 Å². The summed E-state index contributed by atoms with van der Waals surface area (Å²) in [7, 11) is -1.81. The number of carbonyl (C=O) groups excluding carboxylic acids is 1. The first-order chi connectivity index (χ1) is 12.0. The number of ether oxygens (including phenoxy) is 1. The molecule has 1 atom stereocenters. The summed E-state index contributed by atoms with van der Waals surface area (Å²) in [5.41, 5.74) is 0. The Labute approximate surface area is 149 Å².